The third kappa shape index (κ3) is 3.50. The van der Waals surface area contributed by atoms with Crippen molar-refractivity contribution >= 4 is 29.0 Å². The monoisotopic (exact) mass is 307 g/mol. The van der Waals surface area contributed by atoms with Crippen molar-refractivity contribution in [3.63, 3.8) is 0 Å². The second-order valence-corrected chi connectivity index (χ2v) is 4.60. The fourth-order valence-corrected chi connectivity index (χ4v) is 2.07. The van der Waals surface area contributed by atoms with Gasteiger partial charge in [0, 0.05) is 0 Å². The first-order valence-electron chi connectivity index (χ1n) is 5.05. The number of amides is 2. The van der Waals surface area contributed by atoms with Gasteiger partial charge in [-0.1, -0.05) is 6.07 Å². The Hall–Kier alpha value is -2.03. The Balaban J connectivity index is 2.24. The average Bonchev–Trinajstić information content (AvgIpc) is 2.60. The Morgan fingerprint density at radius 2 is 1.95 bits per heavy atom. The van der Waals surface area contributed by atoms with Crippen molar-refractivity contribution in [3.05, 3.63) is 34.5 Å². The van der Waals surface area contributed by atoms with Gasteiger partial charge in [0.15, 0.2) is 11.6 Å². The molecule has 0 aliphatic carbocycles. The van der Waals surface area contributed by atoms with Crippen molar-refractivity contribution in [1.82, 2.24) is 5.32 Å². The summed E-state index contributed by atoms with van der Waals surface area (Å²) < 4.78 is 52.7. The van der Waals surface area contributed by atoms with Crippen LogP contribution >= 0.6 is 11.8 Å². The molecule has 1 N–H and O–H groups in total. The molecule has 2 rings (SSSR count). The summed E-state index contributed by atoms with van der Waals surface area (Å²) in [6.45, 7) is 0. The number of halogens is 4. The Morgan fingerprint density at radius 1 is 1.25 bits per heavy atom. The van der Waals surface area contributed by atoms with Gasteiger partial charge in [0.25, 0.3) is 11.1 Å². The lowest BCUT2D eigenvalue weighted by molar-refractivity contribution is -0.275. The maximum Gasteiger partial charge on any atom is 0.573 e. The molecule has 1 aromatic rings. The van der Waals surface area contributed by atoms with E-state index in [4.69, 9.17) is 0 Å². The lowest BCUT2D eigenvalue weighted by atomic mass is 10.2. The number of carbonyl (C=O) groups excluding carboxylic acids is 2. The molecule has 4 nitrogen and oxygen atoms in total. The first-order valence-corrected chi connectivity index (χ1v) is 5.86. The van der Waals surface area contributed by atoms with Crippen molar-refractivity contribution in [2.75, 3.05) is 0 Å². The Bertz CT molecular complexity index is 612. The van der Waals surface area contributed by atoms with Gasteiger partial charge in [0.2, 0.25) is 0 Å². The van der Waals surface area contributed by atoms with Gasteiger partial charge in [-0.15, -0.1) is 13.2 Å². The number of carbonyl (C=O) groups is 2. The quantitative estimate of drug-likeness (QED) is 0.674. The number of benzene rings is 1. The van der Waals surface area contributed by atoms with E-state index in [0.717, 1.165) is 18.2 Å². The van der Waals surface area contributed by atoms with Crippen LogP contribution in [0.5, 0.6) is 5.75 Å². The van der Waals surface area contributed by atoms with Crippen LogP contribution in [-0.4, -0.2) is 17.5 Å². The van der Waals surface area contributed by atoms with Crippen LogP contribution in [-0.2, 0) is 4.79 Å². The number of hydrogen-bond acceptors (Lipinski definition) is 4. The highest BCUT2D eigenvalue weighted by Gasteiger charge is 2.32. The predicted molar refractivity (Wildman–Crippen MR) is 62.2 cm³/mol. The Morgan fingerprint density at radius 3 is 2.45 bits per heavy atom. The number of rotatable bonds is 2. The van der Waals surface area contributed by atoms with E-state index in [1.54, 1.807) is 0 Å². The zero-order valence-electron chi connectivity index (χ0n) is 9.45. The van der Waals surface area contributed by atoms with Crippen LogP contribution in [0.15, 0.2) is 23.1 Å². The van der Waals surface area contributed by atoms with Crippen molar-refractivity contribution in [2.24, 2.45) is 0 Å². The minimum Gasteiger partial charge on any atom is -0.403 e. The fourth-order valence-electron chi connectivity index (χ4n) is 1.39. The van der Waals surface area contributed by atoms with E-state index in [-0.39, 0.29) is 10.5 Å². The standard InChI is InChI=1S/C11H5F4NO3S/c12-6-3-5(1-2-7(6)19-11(13,14)15)4-8-9(17)16-10(18)20-8/h1-4H,(H,16,17,18)/b8-4+. The van der Waals surface area contributed by atoms with Crippen molar-refractivity contribution < 1.29 is 31.9 Å². The number of hydrogen-bond donors (Lipinski definition) is 1. The molecular formula is C11H5F4NO3S. The highest BCUT2D eigenvalue weighted by Crippen LogP contribution is 2.29. The third-order valence-electron chi connectivity index (χ3n) is 2.12. The van der Waals surface area contributed by atoms with Crippen molar-refractivity contribution in [3.8, 4) is 5.75 Å². The van der Waals surface area contributed by atoms with Crippen LogP contribution in [0.2, 0.25) is 0 Å². The zero-order valence-corrected chi connectivity index (χ0v) is 10.3. The van der Waals surface area contributed by atoms with Crippen LogP contribution in [0.4, 0.5) is 22.4 Å². The molecule has 1 aliphatic rings. The number of thioether (sulfide) groups is 1. The van der Waals surface area contributed by atoms with Gasteiger partial charge in [0.1, 0.15) is 0 Å². The topological polar surface area (TPSA) is 55.4 Å². The molecule has 0 saturated carbocycles. The van der Waals surface area contributed by atoms with Crippen LogP contribution in [0.3, 0.4) is 0 Å². The number of imide groups is 1. The van der Waals surface area contributed by atoms with Gasteiger partial charge in [-0.3, -0.25) is 14.9 Å². The average molecular weight is 307 g/mol. The smallest absolute Gasteiger partial charge is 0.403 e. The maximum atomic E-state index is 13.4. The molecule has 0 unspecified atom stereocenters. The summed E-state index contributed by atoms with van der Waals surface area (Å²) in [5.41, 5.74) is 0.129. The summed E-state index contributed by atoms with van der Waals surface area (Å²) in [5.74, 6) is -2.85. The van der Waals surface area contributed by atoms with Gasteiger partial charge in [0.05, 0.1) is 4.91 Å². The highest BCUT2D eigenvalue weighted by molar-refractivity contribution is 8.18. The molecule has 20 heavy (non-hydrogen) atoms. The molecule has 9 heteroatoms. The van der Waals surface area contributed by atoms with E-state index in [1.165, 1.54) is 6.08 Å². The number of ether oxygens (including phenoxy) is 1. The molecule has 1 aromatic carbocycles. The zero-order chi connectivity index (χ0) is 14.9. The summed E-state index contributed by atoms with van der Waals surface area (Å²) in [7, 11) is 0. The van der Waals surface area contributed by atoms with Crippen LogP contribution < -0.4 is 10.1 Å². The van der Waals surface area contributed by atoms with Gasteiger partial charge in [-0.2, -0.15) is 0 Å². The first kappa shape index (κ1) is 14.4. The third-order valence-corrected chi connectivity index (χ3v) is 2.93. The van der Waals surface area contributed by atoms with Crippen LogP contribution in [0, 0.1) is 5.82 Å². The molecule has 0 atom stereocenters. The van der Waals surface area contributed by atoms with Gasteiger partial charge < -0.3 is 4.74 Å². The molecule has 106 valence electrons. The van der Waals surface area contributed by atoms with Crippen LogP contribution in [0.25, 0.3) is 6.08 Å². The molecule has 0 spiro atoms. The van der Waals surface area contributed by atoms with Crippen LogP contribution in [0.1, 0.15) is 5.56 Å². The predicted octanol–water partition coefficient (Wildman–Crippen LogP) is 3.05. The van der Waals surface area contributed by atoms with E-state index < -0.39 is 29.1 Å². The lowest BCUT2D eigenvalue weighted by Gasteiger charge is -2.09. The highest BCUT2D eigenvalue weighted by atomic mass is 32.2. The summed E-state index contributed by atoms with van der Waals surface area (Å²) in [6, 6.07) is 2.69. The summed E-state index contributed by atoms with van der Waals surface area (Å²) in [6.07, 6.45) is -3.81. The second-order valence-electron chi connectivity index (χ2n) is 3.59. The van der Waals surface area contributed by atoms with E-state index in [0.29, 0.717) is 11.8 Å². The molecule has 1 saturated heterocycles. The van der Waals surface area contributed by atoms with E-state index in [9.17, 15) is 27.2 Å². The van der Waals surface area contributed by atoms with E-state index in [2.05, 4.69) is 4.74 Å². The molecule has 1 aliphatic heterocycles. The first-order chi connectivity index (χ1) is 9.24. The Kier molecular flexibility index (Phi) is 3.71. The molecule has 1 fully saturated rings. The summed E-state index contributed by atoms with van der Waals surface area (Å²) in [5, 5.41) is 1.42. The van der Waals surface area contributed by atoms with Gasteiger partial charge >= 0.3 is 6.36 Å². The minimum atomic E-state index is -4.99. The van der Waals surface area contributed by atoms with Crippen molar-refractivity contribution in [2.45, 2.75) is 6.36 Å². The molecule has 0 aromatic heterocycles. The van der Waals surface area contributed by atoms with E-state index >= 15 is 0 Å². The summed E-state index contributed by atoms with van der Waals surface area (Å²) in [4.78, 5) is 22.2. The minimum absolute atomic E-state index is 0.0267. The second kappa shape index (κ2) is 5.16. The SMILES string of the molecule is O=C1NC(=O)/C(=C\c2ccc(OC(F)(F)F)c(F)c2)S1. The van der Waals surface area contributed by atoms with Crippen molar-refractivity contribution in [1.29, 1.82) is 0 Å². The van der Waals surface area contributed by atoms with E-state index in [1.807, 2.05) is 5.32 Å². The lowest BCUT2D eigenvalue weighted by Crippen LogP contribution is -2.18. The van der Waals surface area contributed by atoms with Gasteiger partial charge in [-0.05, 0) is 35.5 Å². The number of alkyl halides is 3. The largest absolute Gasteiger partial charge is 0.573 e. The maximum absolute atomic E-state index is 13.4. The molecule has 0 radical (unpaired) electrons. The van der Waals surface area contributed by atoms with Gasteiger partial charge in [-0.25, -0.2) is 4.39 Å². The molecular weight excluding hydrogens is 302 g/mol. The summed E-state index contributed by atoms with van der Waals surface area (Å²) >= 11 is 0.616. The number of nitrogens with one attached hydrogen (secondary N) is 1. The molecule has 2 amide bonds. The normalized spacial score (nSPS) is 17.5. The molecule has 1 heterocycles. The fraction of sp³-hybridized carbons (Fsp3) is 0.0909. The Labute approximate surface area is 113 Å². The molecule has 0 bridgehead atoms.